The van der Waals surface area contributed by atoms with Crippen molar-refractivity contribution in [3.05, 3.63) is 24.0 Å². The molecule has 0 saturated heterocycles. The molecular formula is C24H34O4. The number of aliphatic hydroxyl groups excluding tert-OH is 1. The summed E-state index contributed by atoms with van der Waals surface area (Å²) < 4.78 is 6.67. The van der Waals surface area contributed by atoms with E-state index >= 15 is 0 Å². The second-order valence-electron chi connectivity index (χ2n) is 10.8. The fourth-order valence-corrected chi connectivity index (χ4v) is 8.57. The van der Waals surface area contributed by atoms with Crippen LogP contribution in [0.15, 0.2) is 24.0 Å². The number of allylic oxidation sites excluding steroid dienone is 2. The van der Waals surface area contributed by atoms with E-state index in [1.807, 2.05) is 6.26 Å². The van der Waals surface area contributed by atoms with E-state index in [2.05, 4.69) is 13.8 Å². The number of fused-ring (bicyclic) bond motifs is 3. The van der Waals surface area contributed by atoms with Gasteiger partial charge in [-0.2, -0.15) is 0 Å². The predicted molar refractivity (Wildman–Crippen MR) is 106 cm³/mol. The largest absolute Gasteiger partial charge is 0.494 e. The molecule has 0 aromatic rings. The van der Waals surface area contributed by atoms with E-state index in [-0.39, 0.29) is 17.1 Å². The van der Waals surface area contributed by atoms with E-state index in [0.717, 1.165) is 37.7 Å². The van der Waals surface area contributed by atoms with Crippen LogP contribution in [0.2, 0.25) is 0 Å². The Balaban J connectivity index is 1.49. The van der Waals surface area contributed by atoms with Crippen LogP contribution in [0.25, 0.3) is 0 Å². The van der Waals surface area contributed by atoms with E-state index in [1.165, 1.54) is 31.8 Å². The van der Waals surface area contributed by atoms with Gasteiger partial charge in [-0.1, -0.05) is 13.8 Å². The van der Waals surface area contributed by atoms with Gasteiger partial charge in [-0.05, 0) is 92.6 Å². The molecule has 8 atom stereocenters. The molecule has 4 fully saturated rings. The number of rotatable bonds is 2. The summed E-state index contributed by atoms with van der Waals surface area (Å²) in [5.41, 5.74) is 1.44. The molecule has 0 aromatic heterocycles. The molecule has 4 saturated carbocycles. The molecule has 8 unspecified atom stereocenters. The lowest BCUT2D eigenvalue weighted by Gasteiger charge is -2.65. The zero-order valence-electron chi connectivity index (χ0n) is 17.2. The Labute approximate surface area is 168 Å². The highest BCUT2D eigenvalue weighted by Crippen LogP contribution is 2.72. The number of carboxylic acids is 1. The molecule has 4 nitrogen and oxygen atoms in total. The number of aliphatic carboxylic acids is 1. The van der Waals surface area contributed by atoms with Crippen LogP contribution in [0.3, 0.4) is 0 Å². The number of hydrogen-bond donors (Lipinski definition) is 2. The van der Waals surface area contributed by atoms with Gasteiger partial charge in [0.05, 0.1) is 12.4 Å². The van der Waals surface area contributed by atoms with Crippen LogP contribution < -0.4 is 0 Å². The Morgan fingerprint density at radius 3 is 2.71 bits per heavy atom. The van der Waals surface area contributed by atoms with Crippen LogP contribution in [-0.4, -0.2) is 27.9 Å². The summed E-state index contributed by atoms with van der Waals surface area (Å²) in [6.45, 7) is 4.92. The van der Waals surface area contributed by atoms with Crippen LogP contribution in [0.4, 0.5) is 0 Å². The van der Waals surface area contributed by atoms with Gasteiger partial charge in [0.25, 0.3) is 0 Å². The van der Waals surface area contributed by atoms with Gasteiger partial charge >= 0.3 is 5.97 Å². The Kier molecular flexibility index (Phi) is 4.08. The van der Waals surface area contributed by atoms with Gasteiger partial charge in [-0.3, -0.25) is 0 Å². The molecular weight excluding hydrogens is 352 g/mol. The first-order valence-electron chi connectivity index (χ1n) is 11.3. The molecule has 1 heterocycles. The minimum atomic E-state index is -0.893. The standard InChI is InChI=1S/C24H34O4/c1-22-10-7-17(25)13-16(22)4-5-20-19(22)8-11-23(2)18-9-12-24(20,23)28-14-15(18)3-6-21(26)27/h3,6,14,16-20,25H,4-5,7-13H2,1-2H3,(H,26,27). The van der Waals surface area contributed by atoms with E-state index in [9.17, 15) is 9.90 Å². The summed E-state index contributed by atoms with van der Waals surface area (Å²) >= 11 is 0. The first kappa shape index (κ1) is 18.7. The lowest BCUT2D eigenvalue weighted by atomic mass is 9.43. The zero-order valence-corrected chi connectivity index (χ0v) is 17.2. The summed E-state index contributed by atoms with van der Waals surface area (Å²) in [7, 11) is 0. The highest BCUT2D eigenvalue weighted by atomic mass is 16.5. The van der Waals surface area contributed by atoms with E-state index in [4.69, 9.17) is 9.84 Å². The maximum absolute atomic E-state index is 11.0. The third-order valence-corrected chi connectivity index (χ3v) is 10.0. The second-order valence-corrected chi connectivity index (χ2v) is 10.8. The number of aliphatic hydroxyl groups is 1. The topological polar surface area (TPSA) is 66.8 Å². The number of carbonyl (C=O) groups is 1. The van der Waals surface area contributed by atoms with Gasteiger partial charge in [0, 0.05) is 17.4 Å². The smallest absolute Gasteiger partial charge is 0.328 e. The highest BCUT2D eigenvalue weighted by Gasteiger charge is 2.70. The average molecular weight is 387 g/mol. The molecule has 1 aliphatic heterocycles. The molecule has 2 bridgehead atoms. The second kappa shape index (κ2) is 6.10. The van der Waals surface area contributed by atoms with Crippen molar-refractivity contribution in [1.82, 2.24) is 0 Å². The van der Waals surface area contributed by atoms with Gasteiger partial charge < -0.3 is 14.9 Å². The van der Waals surface area contributed by atoms with Crippen molar-refractivity contribution in [3.8, 4) is 0 Å². The predicted octanol–water partition coefficient (Wildman–Crippen LogP) is 4.68. The highest BCUT2D eigenvalue weighted by molar-refractivity contribution is 5.80. The van der Waals surface area contributed by atoms with Crippen molar-refractivity contribution >= 4 is 5.97 Å². The maximum atomic E-state index is 11.0. The van der Waals surface area contributed by atoms with Crippen molar-refractivity contribution in [1.29, 1.82) is 0 Å². The first-order chi connectivity index (χ1) is 13.3. The van der Waals surface area contributed by atoms with E-state index < -0.39 is 5.97 Å². The fraction of sp³-hybridized carbons (Fsp3) is 0.792. The van der Waals surface area contributed by atoms with Crippen molar-refractivity contribution in [2.45, 2.75) is 83.3 Å². The molecule has 28 heavy (non-hydrogen) atoms. The summed E-state index contributed by atoms with van der Waals surface area (Å²) in [4.78, 5) is 11.0. The van der Waals surface area contributed by atoms with E-state index in [1.54, 1.807) is 6.08 Å². The molecule has 0 spiro atoms. The number of carboxylic acid groups (broad SMARTS) is 1. The minimum Gasteiger partial charge on any atom is -0.494 e. The van der Waals surface area contributed by atoms with Crippen molar-refractivity contribution in [3.63, 3.8) is 0 Å². The van der Waals surface area contributed by atoms with Gasteiger partial charge in [0.2, 0.25) is 0 Å². The zero-order chi connectivity index (χ0) is 19.7. The third-order valence-electron chi connectivity index (χ3n) is 10.0. The Hall–Kier alpha value is -1.29. The SMILES string of the molecule is CC12CCC(O)CC1CCC1C2CCC2(C)C3CCC12OC=C3C=CC(=O)O. The van der Waals surface area contributed by atoms with Gasteiger partial charge in [0.1, 0.15) is 5.60 Å². The van der Waals surface area contributed by atoms with Crippen LogP contribution in [0.1, 0.15) is 71.6 Å². The molecule has 0 radical (unpaired) electrons. The Morgan fingerprint density at radius 1 is 1.11 bits per heavy atom. The quantitative estimate of drug-likeness (QED) is 0.676. The lowest BCUT2D eigenvalue weighted by Crippen LogP contribution is -2.63. The molecule has 5 aliphatic rings. The summed E-state index contributed by atoms with van der Waals surface area (Å²) in [6, 6.07) is 0. The van der Waals surface area contributed by atoms with Gasteiger partial charge in [-0.25, -0.2) is 4.79 Å². The van der Waals surface area contributed by atoms with Crippen LogP contribution in [0.5, 0.6) is 0 Å². The number of ether oxygens (including phenoxy) is 1. The average Bonchev–Trinajstić information content (AvgIpc) is 2.82. The first-order valence-corrected chi connectivity index (χ1v) is 11.3. The summed E-state index contributed by atoms with van der Waals surface area (Å²) in [5.74, 6) is 1.46. The fourth-order valence-electron chi connectivity index (χ4n) is 8.57. The lowest BCUT2D eigenvalue weighted by molar-refractivity contribution is -0.217. The Morgan fingerprint density at radius 2 is 1.93 bits per heavy atom. The maximum Gasteiger partial charge on any atom is 0.328 e. The normalized spacial score (nSPS) is 52.2. The Bertz CT molecular complexity index is 741. The third kappa shape index (κ3) is 2.30. The number of hydrogen-bond acceptors (Lipinski definition) is 3. The molecule has 4 heteroatoms. The van der Waals surface area contributed by atoms with E-state index in [0.29, 0.717) is 29.1 Å². The molecule has 154 valence electrons. The monoisotopic (exact) mass is 386 g/mol. The molecule has 5 rings (SSSR count). The summed E-state index contributed by atoms with van der Waals surface area (Å²) in [6.07, 6.45) is 15.0. The van der Waals surface area contributed by atoms with Crippen molar-refractivity contribution in [2.75, 3.05) is 0 Å². The molecule has 2 N–H and O–H groups in total. The summed E-state index contributed by atoms with van der Waals surface area (Å²) in [5, 5.41) is 19.3. The molecule has 4 aliphatic carbocycles. The van der Waals surface area contributed by atoms with Crippen molar-refractivity contribution < 1.29 is 19.7 Å². The van der Waals surface area contributed by atoms with Crippen LogP contribution in [-0.2, 0) is 9.53 Å². The van der Waals surface area contributed by atoms with Gasteiger partial charge in [0.15, 0.2) is 0 Å². The minimum absolute atomic E-state index is 0.0782. The van der Waals surface area contributed by atoms with Crippen LogP contribution >= 0.6 is 0 Å². The van der Waals surface area contributed by atoms with Crippen molar-refractivity contribution in [2.24, 2.45) is 34.5 Å². The van der Waals surface area contributed by atoms with Crippen LogP contribution in [0, 0.1) is 34.5 Å². The van der Waals surface area contributed by atoms with Gasteiger partial charge in [-0.15, -0.1) is 0 Å². The molecule has 0 amide bonds. The molecule has 0 aromatic carbocycles.